The van der Waals surface area contributed by atoms with Crippen LogP contribution in [0.25, 0.3) is 10.8 Å². The summed E-state index contributed by atoms with van der Waals surface area (Å²) in [5.74, 6) is 0.0683. The van der Waals surface area contributed by atoms with Gasteiger partial charge in [0.15, 0.2) is 0 Å². The molecule has 5 heteroatoms. The predicted octanol–water partition coefficient (Wildman–Crippen LogP) is 5.16. The number of hydrogen-bond acceptors (Lipinski definition) is 4. The number of hydrogen-bond donors (Lipinski definition) is 3. The van der Waals surface area contributed by atoms with Crippen molar-refractivity contribution in [3.63, 3.8) is 0 Å². The minimum absolute atomic E-state index is 0.00335. The molecule has 0 spiro atoms. The monoisotopic (exact) mass is 379 g/mol. The summed E-state index contributed by atoms with van der Waals surface area (Å²) in [5, 5.41) is 23.8. The van der Waals surface area contributed by atoms with E-state index in [1.54, 1.807) is 12.1 Å². The van der Waals surface area contributed by atoms with Gasteiger partial charge in [-0.15, -0.1) is 0 Å². The number of fused-ring (bicyclic) bond motifs is 1. The molecule has 0 saturated heterocycles. The fourth-order valence-corrected chi connectivity index (χ4v) is 3.30. The second-order valence-corrected chi connectivity index (χ2v) is 7.03. The minimum Gasteiger partial charge on any atom is -0.507 e. The maximum absolute atomic E-state index is 12.5. The molecule has 3 aromatic carbocycles. The molecule has 0 aromatic heterocycles. The number of aromatic hydroxyl groups is 1. The summed E-state index contributed by atoms with van der Waals surface area (Å²) < 4.78 is 5.79. The highest BCUT2D eigenvalue weighted by Crippen LogP contribution is 2.36. The fraction of sp³-hybridized carbons (Fsp3) is 0.261. The third kappa shape index (κ3) is 4.43. The number of carbonyl (C=O) groups excluding carboxylic acids is 1. The van der Waals surface area contributed by atoms with E-state index in [1.165, 1.54) is 0 Å². The highest BCUT2D eigenvalue weighted by atomic mass is 16.6. The van der Waals surface area contributed by atoms with Gasteiger partial charge in [0.1, 0.15) is 11.9 Å². The molecular weight excluding hydrogens is 354 g/mol. The zero-order chi connectivity index (χ0) is 20.1. The summed E-state index contributed by atoms with van der Waals surface area (Å²) in [6, 6.07) is 18.3. The zero-order valence-electron chi connectivity index (χ0n) is 16.1. The third-order valence-electron chi connectivity index (χ3n) is 4.87. The molecule has 0 bridgehead atoms. The van der Waals surface area contributed by atoms with E-state index in [1.807, 2.05) is 62.4 Å². The molecule has 2 atom stereocenters. The standard InChI is InChI=1S/C23H25NO4/c1-15-7-9-17(10-8-15)24-23(27)28-22(16(2)13-14-25)20-11-12-21(26)19-6-4-3-5-18(19)20/h3-12,16,22,25-26H,13-14H2,1-2H3,(H,24,27)/t16-,22+/m0/s1. The zero-order valence-corrected chi connectivity index (χ0v) is 16.1. The number of ether oxygens (including phenoxy) is 1. The predicted molar refractivity (Wildman–Crippen MR) is 111 cm³/mol. The van der Waals surface area contributed by atoms with Crippen molar-refractivity contribution in [2.24, 2.45) is 5.92 Å². The smallest absolute Gasteiger partial charge is 0.412 e. The number of aryl methyl sites for hydroxylation is 1. The van der Waals surface area contributed by atoms with Gasteiger partial charge in [0.2, 0.25) is 0 Å². The lowest BCUT2D eigenvalue weighted by atomic mass is 9.91. The number of phenolic OH excluding ortho intramolecular Hbond substituents is 1. The molecule has 0 aliphatic heterocycles. The number of nitrogens with one attached hydrogen (secondary N) is 1. The van der Waals surface area contributed by atoms with Crippen LogP contribution in [0.4, 0.5) is 10.5 Å². The summed E-state index contributed by atoms with van der Waals surface area (Å²) in [4.78, 5) is 12.5. The summed E-state index contributed by atoms with van der Waals surface area (Å²) in [7, 11) is 0. The van der Waals surface area contributed by atoms with E-state index in [2.05, 4.69) is 5.32 Å². The van der Waals surface area contributed by atoms with Crippen molar-refractivity contribution in [2.45, 2.75) is 26.4 Å². The number of anilines is 1. The Morgan fingerprint density at radius 3 is 2.39 bits per heavy atom. The van der Waals surface area contributed by atoms with Gasteiger partial charge in [-0.1, -0.05) is 55.0 Å². The van der Waals surface area contributed by atoms with E-state index in [0.29, 0.717) is 17.5 Å². The first kappa shape index (κ1) is 19.7. The van der Waals surface area contributed by atoms with E-state index in [-0.39, 0.29) is 18.3 Å². The number of benzene rings is 3. The maximum Gasteiger partial charge on any atom is 0.412 e. The Labute approximate surface area is 164 Å². The molecule has 0 saturated carbocycles. The highest BCUT2D eigenvalue weighted by molar-refractivity contribution is 5.91. The van der Waals surface area contributed by atoms with Crippen LogP contribution in [0.5, 0.6) is 5.75 Å². The Morgan fingerprint density at radius 2 is 1.71 bits per heavy atom. The van der Waals surface area contributed by atoms with E-state index < -0.39 is 12.2 Å². The van der Waals surface area contributed by atoms with Crippen LogP contribution in [0, 0.1) is 12.8 Å². The molecule has 0 radical (unpaired) electrons. The molecule has 0 heterocycles. The lowest BCUT2D eigenvalue weighted by Gasteiger charge is -2.25. The molecule has 3 rings (SSSR count). The van der Waals surface area contributed by atoms with Crippen molar-refractivity contribution >= 4 is 22.6 Å². The molecule has 0 fully saturated rings. The second kappa shape index (κ2) is 8.76. The number of rotatable bonds is 6. The Morgan fingerprint density at radius 1 is 1.04 bits per heavy atom. The van der Waals surface area contributed by atoms with Gasteiger partial charge in [-0.25, -0.2) is 4.79 Å². The van der Waals surface area contributed by atoms with Gasteiger partial charge in [0.25, 0.3) is 0 Å². The average molecular weight is 379 g/mol. The van der Waals surface area contributed by atoms with Crippen molar-refractivity contribution in [1.29, 1.82) is 0 Å². The molecule has 3 N–H and O–H groups in total. The van der Waals surface area contributed by atoms with Crippen LogP contribution in [0.3, 0.4) is 0 Å². The van der Waals surface area contributed by atoms with Crippen molar-refractivity contribution in [2.75, 3.05) is 11.9 Å². The lowest BCUT2D eigenvalue weighted by Crippen LogP contribution is -2.22. The molecule has 3 aromatic rings. The van der Waals surface area contributed by atoms with Crippen molar-refractivity contribution in [3.8, 4) is 5.75 Å². The average Bonchev–Trinajstić information content (AvgIpc) is 2.69. The summed E-state index contributed by atoms with van der Waals surface area (Å²) in [6.07, 6.45) is -0.642. The maximum atomic E-state index is 12.5. The summed E-state index contributed by atoms with van der Waals surface area (Å²) >= 11 is 0. The number of amides is 1. The molecule has 0 unspecified atom stereocenters. The van der Waals surface area contributed by atoms with Gasteiger partial charge in [0.05, 0.1) is 0 Å². The second-order valence-electron chi connectivity index (χ2n) is 7.03. The molecule has 0 aliphatic carbocycles. The van der Waals surface area contributed by atoms with Crippen molar-refractivity contribution < 1.29 is 19.7 Å². The molecule has 0 aliphatic rings. The lowest BCUT2D eigenvalue weighted by molar-refractivity contribution is 0.0676. The fourth-order valence-electron chi connectivity index (χ4n) is 3.30. The van der Waals surface area contributed by atoms with Crippen LogP contribution in [0.15, 0.2) is 60.7 Å². The van der Waals surface area contributed by atoms with Gasteiger partial charge >= 0.3 is 6.09 Å². The topological polar surface area (TPSA) is 78.8 Å². The molecule has 146 valence electrons. The number of carbonyl (C=O) groups is 1. The molecular formula is C23H25NO4. The van der Waals surface area contributed by atoms with Crippen LogP contribution in [-0.4, -0.2) is 22.9 Å². The van der Waals surface area contributed by atoms with Crippen molar-refractivity contribution in [1.82, 2.24) is 0 Å². The molecule has 28 heavy (non-hydrogen) atoms. The van der Waals surface area contributed by atoms with Crippen LogP contribution >= 0.6 is 0 Å². The van der Waals surface area contributed by atoms with Crippen molar-refractivity contribution in [3.05, 3.63) is 71.8 Å². The van der Waals surface area contributed by atoms with Crippen LogP contribution in [-0.2, 0) is 4.74 Å². The Bertz CT molecular complexity index is 952. The number of phenols is 1. The Balaban J connectivity index is 1.90. The van der Waals surface area contributed by atoms with E-state index in [0.717, 1.165) is 16.5 Å². The highest BCUT2D eigenvalue weighted by Gasteiger charge is 2.26. The van der Waals surface area contributed by atoms with Gasteiger partial charge in [-0.05, 0) is 42.8 Å². The Hall–Kier alpha value is -3.05. The number of aliphatic hydroxyl groups is 1. The number of aliphatic hydroxyl groups excluding tert-OH is 1. The first-order valence-electron chi connectivity index (χ1n) is 9.35. The molecule has 5 nitrogen and oxygen atoms in total. The van der Waals surface area contributed by atoms with Gasteiger partial charge in [-0.2, -0.15) is 0 Å². The summed E-state index contributed by atoms with van der Waals surface area (Å²) in [5.41, 5.74) is 2.55. The normalized spacial score (nSPS) is 13.1. The quantitative estimate of drug-likeness (QED) is 0.553. The minimum atomic E-state index is -0.567. The summed E-state index contributed by atoms with van der Waals surface area (Å²) in [6.45, 7) is 3.91. The van der Waals surface area contributed by atoms with Gasteiger partial charge in [-0.3, -0.25) is 5.32 Å². The van der Waals surface area contributed by atoms with E-state index >= 15 is 0 Å². The first-order chi connectivity index (χ1) is 13.5. The molecule has 1 amide bonds. The van der Waals surface area contributed by atoms with Gasteiger partial charge in [0, 0.05) is 23.2 Å². The van der Waals surface area contributed by atoms with Crippen LogP contribution in [0.1, 0.15) is 30.6 Å². The third-order valence-corrected chi connectivity index (χ3v) is 4.87. The Kier molecular flexibility index (Phi) is 6.16. The largest absolute Gasteiger partial charge is 0.507 e. The van der Waals surface area contributed by atoms with Gasteiger partial charge < -0.3 is 14.9 Å². The van der Waals surface area contributed by atoms with E-state index in [4.69, 9.17) is 4.74 Å². The van der Waals surface area contributed by atoms with E-state index in [9.17, 15) is 15.0 Å². The van der Waals surface area contributed by atoms with Crippen LogP contribution < -0.4 is 5.32 Å². The SMILES string of the molecule is Cc1ccc(NC(=O)O[C@@H](c2ccc(O)c3ccccc23)[C@@H](C)CCO)cc1. The van der Waals surface area contributed by atoms with Crippen LogP contribution in [0.2, 0.25) is 0 Å². The first-order valence-corrected chi connectivity index (χ1v) is 9.35.